The largest absolute Gasteiger partial charge is 0.344 e. The van der Waals surface area contributed by atoms with Crippen molar-refractivity contribution in [3.05, 3.63) is 168 Å². The molecule has 0 bridgehead atoms. The van der Waals surface area contributed by atoms with Crippen LogP contribution in [0.3, 0.4) is 0 Å². The molecule has 0 spiro atoms. The molecular formula is C38H26N4. The zero-order chi connectivity index (χ0) is 28.3. The molecule has 0 saturated heterocycles. The van der Waals surface area contributed by atoms with Crippen LogP contribution in [0.1, 0.15) is 28.4 Å². The summed E-state index contributed by atoms with van der Waals surface area (Å²) in [5.74, 6) is 1.51. The van der Waals surface area contributed by atoms with Crippen LogP contribution in [0.25, 0.3) is 33.0 Å². The fourth-order valence-corrected chi connectivity index (χ4v) is 5.40. The normalized spacial score (nSPS) is 14.4. The van der Waals surface area contributed by atoms with Gasteiger partial charge in [-0.05, 0) is 56.8 Å². The third-order valence-corrected chi connectivity index (χ3v) is 7.57. The maximum absolute atomic E-state index is 9.41. The number of hydrogen-bond donors (Lipinski definition) is 1. The van der Waals surface area contributed by atoms with Crippen LogP contribution in [0, 0.1) is 11.3 Å². The molecule has 1 aliphatic rings. The minimum absolute atomic E-state index is 0.230. The first kappa shape index (κ1) is 25.2. The molecular weight excluding hydrogens is 512 g/mol. The van der Waals surface area contributed by atoms with Crippen molar-refractivity contribution in [3.63, 3.8) is 0 Å². The van der Waals surface area contributed by atoms with Gasteiger partial charge >= 0.3 is 0 Å². The van der Waals surface area contributed by atoms with E-state index in [1.54, 1.807) is 0 Å². The average molecular weight is 539 g/mol. The summed E-state index contributed by atoms with van der Waals surface area (Å²) in [6.07, 6.45) is -0.230. The molecule has 1 heterocycles. The van der Waals surface area contributed by atoms with Gasteiger partial charge in [0.15, 0.2) is 5.84 Å². The van der Waals surface area contributed by atoms with E-state index in [2.05, 4.69) is 102 Å². The Morgan fingerprint density at radius 2 is 1.26 bits per heavy atom. The van der Waals surface area contributed by atoms with Gasteiger partial charge < -0.3 is 5.32 Å². The highest BCUT2D eigenvalue weighted by atomic mass is 15.2. The van der Waals surface area contributed by atoms with Gasteiger partial charge in [0.2, 0.25) is 0 Å². The highest BCUT2D eigenvalue weighted by Crippen LogP contribution is 2.33. The molecule has 6 aromatic rings. The van der Waals surface area contributed by atoms with Crippen molar-refractivity contribution in [1.82, 2.24) is 5.32 Å². The van der Waals surface area contributed by atoms with Crippen LogP contribution < -0.4 is 5.32 Å². The summed E-state index contributed by atoms with van der Waals surface area (Å²) in [4.78, 5) is 9.93. The van der Waals surface area contributed by atoms with E-state index in [1.165, 1.54) is 0 Å². The molecule has 0 aromatic heterocycles. The Hall–Kier alpha value is -5.79. The van der Waals surface area contributed by atoms with Gasteiger partial charge in [-0.3, -0.25) is 0 Å². The van der Waals surface area contributed by atoms with E-state index in [-0.39, 0.29) is 6.17 Å². The second-order valence-corrected chi connectivity index (χ2v) is 10.2. The monoisotopic (exact) mass is 538 g/mol. The summed E-state index contributed by atoms with van der Waals surface area (Å²) in [5, 5.41) is 15.2. The van der Waals surface area contributed by atoms with Gasteiger partial charge in [0.1, 0.15) is 12.0 Å². The van der Waals surface area contributed by atoms with Crippen LogP contribution in [0.4, 0.5) is 0 Å². The van der Waals surface area contributed by atoms with E-state index < -0.39 is 0 Å². The lowest BCUT2D eigenvalue weighted by atomic mass is 9.94. The molecule has 1 unspecified atom stereocenters. The van der Waals surface area contributed by atoms with E-state index >= 15 is 0 Å². The number of nitrogens with one attached hydrogen (secondary N) is 1. The predicted molar refractivity (Wildman–Crippen MR) is 171 cm³/mol. The maximum atomic E-state index is 9.41. The summed E-state index contributed by atoms with van der Waals surface area (Å²) in [7, 11) is 0. The van der Waals surface area contributed by atoms with Crippen LogP contribution in [0.15, 0.2) is 156 Å². The van der Waals surface area contributed by atoms with Crippen molar-refractivity contribution in [2.45, 2.75) is 6.17 Å². The Morgan fingerprint density at radius 3 is 2.05 bits per heavy atom. The minimum Gasteiger partial charge on any atom is -0.344 e. The zero-order valence-corrected chi connectivity index (χ0v) is 22.8. The van der Waals surface area contributed by atoms with Gasteiger partial charge in [-0.25, -0.2) is 9.98 Å². The third kappa shape index (κ3) is 4.96. The topological polar surface area (TPSA) is 60.5 Å². The molecule has 42 heavy (non-hydrogen) atoms. The number of fused-ring (bicyclic) bond motifs is 1. The zero-order valence-electron chi connectivity index (χ0n) is 22.8. The second kappa shape index (κ2) is 11.0. The molecule has 6 aromatic carbocycles. The lowest BCUT2D eigenvalue weighted by Gasteiger charge is -2.23. The van der Waals surface area contributed by atoms with E-state index in [1.807, 2.05) is 54.6 Å². The van der Waals surface area contributed by atoms with Crippen LogP contribution in [-0.2, 0) is 0 Å². The number of amidine groups is 2. The van der Waals surface area contributed by atoms with Crippen LogP contribution in [-0.4, -0.2) is 11.7 Å². The summed E-state index contributed by atoms with van der Waals surface area (Å²) in [5.41, 5.74) is 8.12. The Bertz CT molecular complexity index is 2000. The van der Waals surface area contributed by atoms with Gasteiger partial charge in [-0.1, -0.05) is 127 Å². The quantitative estimate of drug-likeness (QED) is 0.239. The van der Waals surface area contributed by atoms with Gasteiger partial charge in [-0.15, -0.1) is 0 Å². The molecule has 198 valence electrons. The van der Waals surface area contributed by atoms with Crippen LogP contribution in [0.5, 0.6) is 0 Å². The Balaban J connectivity index is 1.25. The lowest BCUT2D eigenvalue weighted by Crippen LogP contribution is -2.33. The fraction of sp³-hybridized carbons (Fsp3) is 0.0263. The molecule has 0 radical (unpaired) electrons. The predicted octanol–water partition coefficient (Wildman–Crippen LogP) is 8.54. The number of nitriles is 1. The van der Waals surface area contributed by atoms with Gasteiger partial charge in [0.05, 0.1) is 11.6 Å². The van der Waals surface area contributed by atoms with Crippen molar-refractivity contribution in [3.8, 4) is 28.3 Å². The maximum Gasteiger partial charge on any atom is 0.159 e. The average Bonchev–Trinajstić information content (AvgIpc) is 3.08. The Kier molecular flexibility index (Phi) is 6.60. The van der Waals surface area contributed by atoms with Crippen molar-refractivity contribution < 1.29 is 0 Å². The van der Waals surface area contributed by atoms with Crippen molar-refractivity contribution >= 4 is 22.4 Å². The summed E-state index contributed by atoms with van der Waals surface area (Å²) in [6, 6.07) is 51.8. The van der Waals surface area contributed by atoms with Crippen LogP contribution >= 0.6 is 0 Å². The molecule has 1 aliphatic heterocycles. The first-order chi connectivity index (χ1) is 20.7. The number of rotatable bonds is 5. The minimum atomic E-state index is -0.230. The number of hydrogen-bond acceptors (Lipinski definition) is 4. The van der Waals surface area contributed by atoms with E-state index in [0.29, 0.717) is 11.4 Å². The Morgan fingerprint density at radius 1 is 0.571 bits per heavy atom. The molecule has 0 aliphatic carbocycles. The SMILES string of the molecule is N#Cc1cccc(-c2cccc3ccc(-c4ccc(C5=NC(c6ccccc6)NC(c6ccccc6)=N5)cc4)cc23)c1. The van der Waals surface area contributed by atoms with Gasteiger partial charge in [0.25, 0.3) is 0 Å². The molecule has 0 fully saturated rings. The van der Waals surface area contributed by atoms with Crippen molar-refractivity contribution in [2.75, 3.05) is 0 Å². The van der Waals surface area contributed by atoms with E-state index in [0.717, 1.165) is 55.6 Å². The Labute approximate surface area is 245 Å². The number of aliphatic imine (C=N–C) groups is 2. The highest BCUT2D eigenvalue weighted by Gasteiger charge is 2.20. The van der Waals surface area contributed by atoms with E-state index in [9.17, 15) is 5.26 Å². The summed E-state index contributed by atoms with van der Waals surface area (Å²) in [6.45, 7) is 0. The lowest BCUT2D eigenvalue weighted by molar-refractivity contribution is 0.674. The fourth-order valence-electron chi connectivity index (χ4n) is 5.40. The molecule has 0 saturated carbocycles. The molecule has 7 rings (SSSR count). The van der Waals surface area contributed by atoms with Crippen molar-refractivity contribution in [2.24, 2.45) is 9.98 Å². The smallest absolute Gasteiger partial charge is 0.159 e. The second-order valence-electron chi connectivity index (χ2n) is 10.2. The third-order valence-electron chi connectivity index (χ3n) is 7.57. The molecule has 1 N–H and O–H groups in total. The summed E-state index contributed by atoms with van der Waals surface area (Å²) < 4.78 is 0. The molecule has 1 atom stereocenters. The molecule has 0 amide bonds. The van der Waals surface area contributed by atoms with Gasteiger partial charge in [0, 0.05) is 11.1 Å². The van der Waals surface area contributed by atoms with Crippen LogP contribution in [0.2, 0.25) is 0 Å². The first-order valence-corrected chi connectivity index (χ1v) is 13.9. The summed E-state index contributed by atoms with van der Waals surface area (Å²) >= 11 is 0. The molecule has 4 heteroatoms. The van der Waals surface area contributed by atoms with Crippen molar-refractivity contribution in [1.29, 1.82) is 5.26 Å². The standard InChI is InChI=1S/C38H26N4/c39-25-26-9-7-15-33(23-26)34-16-8-14-28-19-22-32(24-35(28)34)27-17-20-31(21-18-27)38-41-36(29-10-3-1-4-11-29)40-37(42-38)30-12-5-2-6-13-30/h1-24,36H,(H,40,41,42). The number of benzene rings is 6. The van der Waals surface area contributed by atoms with E-state index in [4.69, 9.17) is 9.98 Å². The first-order valence-electron chi connectivity index (χ1n) is 13.9. The highest BCUT2D eigenvalue weighted by molar-refractivity contribution is 6.13. The number of nitrogens with zero attached hydrogens (tertiary/aromatic N) is 3. The van der Waals surface area contributed by atoms with Gasteiger partial charge in [-0.2, -0.15) is 5.26 Å². The molecule has 4 nitrogen and oxygen atoms in total.